The molecule has 20 heavy (non-hydrogen) atoms. The van der Waals surface area contributed by atoms with Gasteiger partial charge in [0, 0.05) is 11.1 Å². The van der Waals surface area contributed by atoms with Gasteiger partial charge in [-0.1, -0.05) is 6.92 Å². The molecular formula is C16H18N2OS. The number of hydrogen-bond acceptors (Lipinski definition) is 3. The lowest BCUT2D eigenvalue weighted by Crippen LogP contribution is -2.11. The number of rotatable bonds is 2. The van der Waals surface area contributed by atoms with Crippen LogP contribution in [-0.2, 0) is 12.8 Å². The molecule has 3 nitrogen and oxygen atoms in total. The lowest BCUT2D eigenvalue weighted by Gasteiger charge is -2.16. The van der Waals surface area contributed by atoms with Crippen molar-refractivity contribution in [3.63, 3.8) is 0 Å². The van der Waals surface area contributed by atoms with Crippen LogP contribution in [0.3, 0.4) is 0 Å². The summed E-state index contributed by atoms with van der Waals surface area (Å²) in [5, 5.41) is 2.88. The summed E-state index contributed by atoms with van der Waals surface area (Å²) in [4.78, 5) is 18.6. The zero-order chi connectivity index (χ0) is 14.1. The molecule has 1 aliphatic carbocycles. The third kappa shape index (κ3) is 2.75. The number of aryl methyl sites for hydroxylation is 2. The summed E-state index contributed by atoms with van der Waals surface area (Å²) in [6.45, 7) is 4.26. The Morgan fingerprint density at radius 1 is 1.45 bits per heavy atom. The lowest BCUT2D eigenvalue weighted by atomic mass is 9.90. The van der Waals surface area contributed by atoms with Crippen LogP contribution >= 0.6 is 11.3 Å². The molecular weight excluding hydrogens is 268 g/mol. The minimum atomic E-state index is -0.0462. The molecule has 3 rings (SSSR count). The number of carbonyl (C=O) groups excluding carboxylic acids is 1. The van der Waals surface area contributed by atoms with Crippen molar-refractivity contribution in [2.24, 2.45) is 5.92 Å². The van der Waals surface area contributed by atoms with E-state index in [1.54, 1.807) is 17.5 Å². The average Bonchev–Trinajstić information content (AvgIpc) is 2.81. The lowest BCUT2D eigenvalue weighted by molar-refractivity contribution is 0.103. The van der Waals surface area contributed by atoms with Gasteiger partial charge in [0.1, 0.15) is 5.82 Å². The highest BCUT2D eigenvalue weighted by molar-refractivity contribution is 7.14. The Morgan fingerprint density at radius 3 is 3.10 bits per heavy atom. The number of pyridine rings is 1. The molecule has 0 aromatic carbocycles. The molecule has 1 aliphatic rings. The van der Waals surface area contributed by atoms with Gasteiger partial charge in [-0.2, -0.15) is 0 Å². The van der Waals surface area contributed by atoms with Crippen LogP contribution in [0.4, 0.5) is 5.82 Å². The SMILES string of the molecule is Cc1ccnc(NC(=O)c2cc3c(s2)CCC(C)C3)c1. The fraction of sp³-hybridized carbons (Fsp3) is 0.375. The van der Waals surface area contributed by atoms with Gasteiger partial charge in [0.25, 0.3) is 5.91 Å². The Bertz CT molecular complexity index is 648. The molecule has 104 valence electrons. The van der Waals surface area contributed by atoms with E-state index in [9.17, 15) is 4.79 Å². The number of hydrogen-bond donors (Lipinski definition) is 1. The predicted molar refractivity (Wildman–Crippen MR) is 82.4 cm³/mol. The first kappa shape index (κ1) is 13.3. The molecule has 1 amide bonds. The van der Waals surface area contributed by atoms with Crippen LogP contribution in [-0.4, -0.2) is 10.9 Å². The van der Waals surface area contributed by atoms with Crippen molar-refractivity contribution >= 4 is 23.1 Å². The van der Waals surface area contributed by atoms with Crippen LogP contribution in [0, 0.1) is 12.8 Å². The Morgan fingerprint density at radius 2 is 2.30 bits per heavy atom. The summed E-state index contributed by atoms with van der Waals surface area (Å²) >= 11 is 1.63. The smallest absolute Gasteiger partial charge is 0.266 e. The maximum Gasteiger partial charge on any atom is 0.266 e. The molecule has 4 heteroatoms. The highest BCUT2D eigenvalue weighted by atomic mass is 32.1. The van der Waals surface area contributed by atoms with Crippen molar-refractivity contribution in [1.82, 2.24) is 4.98 Å². The second-order valence-corrected chi connectivity index (χ2v) is 6.72. The number of aromatic nitrogens is 1. The summed E-state index contributed by atoms with van der Waals surface area (Å²) in [5.74, 6) is 1.30. The van der Waals surface area contributed by atoms with Crippen molar-refractivity contribution in [3.05, 3.63) is 45.3 Å². The quantitative estimate of drug-likeness (QED) is 0.911. The van der Waals surface area contributed by atoms with E-state index in [4.69, 9.17) is 0 Å². The van der Waals surface area contributed by atoms with Gasteiger partial charge in [0.05, 0.1) is 4.88 Å². The van der Waals surface area contributed by atoms with Crippen molar-refractivity contribution in [3.8, 4) is 0 Å². The van der Waals surface area contributed by atoms with Gasteiger partial charge in [-0.15, -0.1) is 11.3 Å². The number of carbonyl (C=O) groups is 1. The maximum absolute atomic E-state index is 12.3. The first-order chi connectivity index (χ1) is 9.61. The van der Waals surface area contributed by atoms with E-state index in [0.29, 0.717) is 5.82 Å². The molecule has 0 saturated carbocycles. The topological polar surface area (TPSA) is 42.0 Å². The fourth-order valence-electron chi connectivity index (χ4n) is 2.60. The maximum atomic E-state index is 12.3. The van der Waals surface area contributed by atoms with Gasteiger partial charge in [-0.3, -0.25) is 4.79 Å². The van der Waals surface area contributed by atoms with E-state index in [-0.39, 0.29) is 5.91 Å². The molecule has 0 radical (unpaired) electrons. The van der Waals surface area contributed by atoms with Crippen LogP contribution in [0.25, 0.3) is 0 Å². The van der Waals surface area contributed by atoms with Crippen LogP contribution < -0.4 is 5.32 Å². The van der Waals surface area contributed by atoms with Gasteiger partial charge in [-0.05, 0) is 61.4 Å². The summed E-state index contributed by atoms with van der Waals surface area (Å²) in [6.07, 6.45) is 5.15. The normalized spacial score (nSPS) is 17.6. The highest BCUT2D eigenvalue weighted by Crippen LogP contribution is 2.32. The summed E-state index contributed by atoms with van der Waals surface area (Å²) in [7, 11) is 0. The first-order valence-electron chi connectivity index (χ1n) is 6.97. The molecule has 0 fully saturated rings. The molecule has 1 unspecified atom stereocenters. The van der Waals surface area contributed by atoms with E-state index in [1.165, 1.54) is 16.9 Å². The van der Waals surface area contributed by atoms with E-state index in [2.05, 4.69) is 23.3 Å². The number of amides is 1. The molecule has 2 aromatic heterocycles. The molecule has 1 N–H and O–H groups in total. The largest absolute Gasteiger partial charge is 0.306 e. The Kier molecular flexibility index (Phi) is 3.57. The van der Waals surface area contributed by atoms with Gasteiger partial charge in [0.15, 0.2) is 0 Å². The zero-order valence-corrected chi connectivity index (χ0v) is 12.6. The number of fused-ring (bicyclic) bond motifs is 1. The van der Waals surface area contributed by atoms with Crippen LogP contribution in [0.2, 0.25) is 0 Å². The predicted octanol–water partition coefficient (Wildman–Crippen LogP) is 3.83. The molecule has 2 heterocycles. The minimum absolute atomic E-state index is 0.0462. The molecule has 2 aromatic rings. The minimum Gasteiger partial charge on any atom is -0.306 e. The second kappa shape index (κ2) is 5.37. The Hall–Kier alpha value is -1.68. The van der Waals surface area contributed by atoms with E-state index in [1.807, 2.05) is 19.1 Å². The monoisotopic (exact) mass is 286 g/mol. The molecule has 0 bridgehead atoms. The van der Waals surface area contributed by atoms with Crippen molar-refractivity contribution < 1.29 is 4.79 Å². The molecule has 0 spiro atoms. The second-order valence-electron chi connectivity index (χ2n) is 5.58. The third-order valence-corrected chi connectivity index (χ3v) is 4.95. The summed E-state index contributed by atoms with van der Waals surface area (Å²) < 4.78 is 0. The average molecular weight is 286 g/mol. The number of nitrogens with zero attached hydrogens (tertiary/aromatic N) is 1. The highest BCUT2D eigenvalue weighted by Gasteiger charge is 2.20. The summed E-state index contributed by atoms with van der Waals surface area (Å²) in [6, 6.07) is 5.86. The van der Waals surface area contributed by atoms with Crippen LogP contribution in [0.1, 0.15) is 39.0 Å². The van der Waals surface area contributed by atoms with Crippen LogP contribution in [0.15, 0.2) is 24.4 Å². The number of anilines is 1. The van der Waals surface area contributed by atoms with Crippen molar-refractivity contribution in [1.29, 1.82) is 0 Å². The fourth-order valence-corrected chi connectivity index (χ4v) is 3.70. The van der Waals surface area contributed by atoms with Crippen molar-refractivity contribution in [2.45, 2.75) is 33.1 Å². The number of nitrogens with one attached hydrogen (secondary N) is 1. The van der Waals surface area contributed by atoms with E-state index >= 15 is 0 Å². The van der Waals surface area contributed by atoms with Crippen molar-refractivity contribution in [2.75, 3.05) is 5.32 Å². The van der Waals surface area contributed by atoms with E-state index < -0.39 is 0 Å². The number of thiophene rings is 1. The molecule has 1 atom stereocenters. The first-order valence-corrected chi connectivity index (χ1v) is 7.79. The molecule has 0 aliphatic heterocycles. The zero-order valence-electron chi connectivity index (χ0n) is 11.8. The van der Waals surface area contributed by atoms with Gasteiger partial charge in [-0.25, -0.2) is 4.98 Å². The third-order valence-electron chi connectivity index (χ3n) is 3.71. The summed E-state index contributed by atoms with van der Waals surface area (Å²) in [5.41, 5.74) is 2.45. The van der Waals surface area contributed by atoms with Gasteiger partial charge in [0.2, 0.25) is 0 Å². The Balaban J connectivity index is 1.78. The standard InChI is InChI=1S/C16H18N2OS/c1-10-3-4-13-12(7-10)9-14(20-13)16(19)18-15-8-11(2)5-6-17-15/h5-6,8-10H,3-4,7H2,1-2H3,(H,17,18,19). The van der Waals surface area contributed by atoms with Crippen LogP contribution in [0.5, 0.6) is 0 Å². The van der Waals surface area contributed by atoms with Gasteiger partial charge >= 0.3 is 0 Å². The van der Waals surface area contributed by atoms with E-state index in [0.717, 1.165) is 29.2 Å². The van der Waals surface area contributed by atoms with Gasteiger partial charge < -0.3 is 5.32 Å². The Labute approximate surface area is 123 Å². The molecule has 0 saturated heterocycles.